The molecule has 0 atom stereocenters. The Hall–Kier alpha value is -17.2. The Morgan fingerprint density at radius 2 is 0.608 bits per heavy atom. The summed E-state index contributed by atoms with van der Waals surface area (Å²) in [5.74, 6) is 1.01. The molecule has 0 spiro atoms. The summed E-state index contributed by atoms with van der Waals surface area (Å²) in [5, 5.41) is 41.3. The number of para-hydroxylation sites is 8. The van der Waals surface area contributed by atoms with Gasteiger partial charge in [-0.15, -0.1) is 0 Å². The molecule has 6 heterocycles. The number of rotatable bonds is 12. The van der Waals surface area contributed by atoms with Crippen LogP contribution in [0.15, 0.2) is 388 Å². The predicted molar refractivity (Wildman–Crippen MR) is 485 cm³/mol. The molecule has 6 aromatic heterocycles. The second-order valence-electron chi connectivity index (χ2n) is 29.5. The van der Waals surface area contributed by atoms with Crippen LogP contribution in [0.1, 0.15) is 16.7 Å². The summed E-state index contributed by atoms with van der Waals surface area (Å²) in [4.78, 5) is 24.1. The Kier molecular flexibility index (Phi) is 17.5. The van der Waals surface area contributed by atoms with Crippen molar-refractivity contribution < 1.29 is 0 Å². The number of nitrogens with zero attached hydrogens (tertiary/aromatic N) is 12. The van der Waals surface area contributed by atoms with Gasteiger partial charge in [0.05, 0.1) is 85.1 Å². The predicted octanol–water partition coefficient (Wildman–Crippen LogP) is 26.8. The average molecular weight is 1530 g/mol. The maximum atomic E-state index is 11.1. The largest absolute Gasteiger partial charge is 0.309 e. The summed E-state index contributed by atoms with van der Waals surface area (Å²) < 4.78 is 9.43. The van der Waals surface area contributed by atoms with Crippen molar-refractivity contribution in [1.82, 2.24) is 38.2 Å². The minimum atomic E-state index is 0.348. The molecule has 12 nitrogen and oxygen atoms in total. The lowest BCUT2D eigenvalue weighted by Crippen LogP contribution is -2.01. The molecule has 22 aromatic rings. The third kappa shape index (κ3) is 11.8. The lowest BCUT2D eigenvalue weighted by molar-refractivity contribution is 1.15. The molecule has 0 amide bonds. The van der Waals surface area contributed by atoms with Crippen molar-refractivity contribution in [3.8, 4) is 131 Å². The van der Waals surface area contributed by atoms with Crippen LogP contribution in [-0.4, -0.2) is 38.2 Å². The molecule has 0 radical (unpaired) electrons. The van der Waals surface area contributed by atoms with E-state index in [-0.39, 0.29) is 0 Å². The standard InChI is InChI=1S/2C54H32N6/c1-56-47-31-37(52-46(34-55)51(35-17-6-2-7-18-35)57-54(58-52)36-19-8-3-9-20-36)29-30-40(47)42-26-16-27-43-45-33-49-44(32-50(45)60(53(42)43)39-23-12-5-13-24-39)41-25-14-15-28-48(41)59(49)38-21-10-4-11-22-38;55-33-38-31-37(51-46(34-56)50(35-17-5-1-6-18-35)57-54(58-51)36-19-7-2-8-20-36)29-30-41(38)44-32-45-42-25-13-15-27-47(42)59(39-21-9-3-10-22-39)52(45)53-49(44)43-26-14-16-28-48(43)60(53)40-23-11-4-12-24-40/h2-33H;1-32H. The number of hydrogen-bond acceptors (Lipinski definition) is 7. The first-order chi connectivity index (χ1) is 59.4. The molecule has 0 saturated heterocycles. The van der Waals surface area contributed by atoms with Gasteiger partial charge in [0.2, 0.25) is 0 Å². The number of fused-ring (bicyclic) bond motifs is 13. The normalized spacial score (nSPS) is 11.3. The van der Waals surface area contributed by atoms with E-state index in [0.717, 1.165) is 149 Å². The molecule has 22 rings (SSSR count). The van der Waals surface area contributed by atoms with Crippen LogP contribution in [0.4, 0.5) is 5.69 Å². The van der Waals surface area contributed by atoms with Crippen molar-refractivity contribution in [3.05, 3.63) is 416 Å². The van der Waals surface area contributed by atoms with Crippen LogP contribution in [0.2, 0.25) is 0 Å². The molecule has 0 aliphatic rings. The Morgan fingerprint density at radius 1 is 0.242 bits per heavy atom. The van der Waals surface area contributed by atoms with Crippen LogP contribution in [-0.2, 0) is 0 Å². The van der Waals surface area contributed by atoms with Gasteiger partial charge in [-0.25, -0.2) is 24.8 Å². The van der Waals surface area contributed by atoms with E-state index in [0.29, 0.717) is 67.9 Å². The van der Waals surface area contributed by atoms with Gasteiger partial charge in [-0.1, -0.05) is 291 Å². The Bertz CT molecular complexity index is 8030. The smallest absolute Gasteiger partial charge is 0.195 e. The fourth-order valence-electron chi connectivity index (χ4n) is 17.6. The Balaban J connectivity index is 0.000000148. The molecular formula is C108H64N12. The van der Waals surface area contributed by atoms with Crippen LogP contribution in [0, 0.1) is 40.6 Å². The molecule has 0 fully saturated rings. The number of aromatic nitrogens is 8. The van der Waals surface area contributed by atoms with E-state index in [2.05, 4.69) is 254 Å². The highest BCUT2D eigenvalue weighted by molar-refractivity contribution is 6.29. The summed E-state index contributed by atoms with van der Waals surface area (Å²) in [6.07, 6.45) is 0. The molecule has 556 valence electrons. The van der Waals surface area contributed by atoms with E-state index in [9.17, 15) is 15.8 Å². The van der Waals surface area contributed by atoms with Crippen LogP contribution >= 0.6 is 0 Å². The van der Waals surface area contributed by atoms with E-state index < -0.39 is 0 Å². The van der Waals surface area contributed by atoms with Gasteiger partial charge in [0, 0.05) is 99.2 Å². The zero-order chi connectivity index (χ0) is 80.3. The lowest BCUT2D eigenvalue weighted by Gasteiger charge is -2.15. The van der Waals surface area contributed by atoms with Gasteiger partial charge in [0.15, 0.2) is 17.3 Å². The minimum Gasteiger partial charge on any atom is -0.309 e. The van der Waals surface area contributed by atoms with Gasteiger partial charge in [-0.05, 0) is 119 Å². The zero-order valence-corrected chi connectivity index (χ0v) is 64.3. The van der Waals surface area contributed by atoms with Crippen molar-refractivity contribution in [2.75, 3.05) is 0 Å². The van der Waals surface area contributed by atoms with E-state index in [1.807, 2.05) is 176 Å². The molecular weight excluding hydrogens is 1470 g/mol. The van der Waals surface area contributed by atoms with Gasteiger partial charge in [-0.2, -0.15) is 15.8 Å². The van der Waals surface area contributed by atoms with Crippen LogP contribution in [0.25, 0.3) is 205 Å². The second kappa shape index (κ2) is 29.7. The lowest BCUT2D eigenvalue weighted by atomic mass is 9.91. The first-order valence-electron chi connectivity index (χ1n) is 39.6. The fraction of sp³-hybridized carbons (Fsp3) is 0. The topological polar surface area (TPSA) is 147 Å². The summed E-state index contributed by atoms with van der Waals surface area (Å²) >= 11 is 0. The molecule has 0 aliphatic heterocycles. The van der Waals surface area contributed by atoms with Crippen molar-refractivity contribution in [3.63, 3.8) is 0 Å². The molecule has 12 heteroatoms. The van der Waals surface area contributed by atoms with Gasteiger partial charge in [-0.3, -0.25) is 0 Å². The molecule has 0 saturated carbocycles. The third-order valence-electron chi connectivity index (χ3n) is 22.8. The third-order valence-corrected chi connectivity index (χ3v) is 22.8. The molecule has 16 aromatic carbocycles. The molecule has 120 heavy (non-hydrogen) atoms. The number of nitriles is 3. The van der Waals surface area contributed by atoms with Crippen molar-refractivity contribution >= 4 is 92.9 Å². The van der Waals surface area contributed by atoms with E-state index >= 15 is 0 Å². The van der Waals surface area contributed by atoms with Crippen molar-refractivity contribution in [2.45, 2.75) is 0 Å². The SMILES string of the molecule is N#Cc1cc(-c2nc(-c3ccccc3)nc(-c3ccccc3)c2C#N)ccc1-c1cc2c3ccccc3n(-c3ccccc3)c2c2c1c1ccccc1n2-c1ccccc1.[C-]#[N+]c1cc(-c2nc(-c3ccccc3)nc(-c3ccccc3)c2C#N)ccc1-c1cccc2c3cc4c(cc3n(-c3ccccc3)c12)c1ccccc1n4-c1ccccc1. The Labute approximate surface area is 689 Å². The minimum absolute atomic E-state index is 0.348. The van der Waals surface area contributed by atoms with Crippen LogP contribution < -0.4 is 0 Å². The summed E-state index contributed by atoms with van der Waals surface area (Å²) in [5.41, 5.74) is 24.7. The van der Waals surface area contributed by atoms with Crippen molar-refractivity contribution in [2.24, 2.45) is 0 Å². The van der Waals surface area contributed by atoms with E-state index in [1.165, 1.54) is 5.39 Å². The van der Waals surface area contributed by atoms with Crippen LogP contribution in [0.3, 0.4) is 0 Å². The van der Waals surface area contributed by atoms with Gasteiger partial charge in [0.1, 0.15) is 23.3 Å². The number of hydrogen-bond donors (Lipinski definition) is 0. The molecule has 0 N–H and O–H groups in total. The highest BCUT2D eigenvalue weighted by Crippen LogP contribution is 2.50. The van der Waals surface area contributed by atoms with E-state index in [1.54, 1.807) is 0 Å². The number of benzene rings is 16. The van der Waals surface area contributed by atoms with Gasteiger partial charge < -0.3 is 18.3 Å². The summed E-state index contributed by atoms with van der Waals surface area (Å²) in [6, 6.07) is 139. The summed E-state index contributed by atoms with van der Waals surface area (Å²) in [6.45, 7) is 8.56. The maximum absolute atomic E-state index is 11.1. The van der Waals surface area contributed by atoms with Gasteiger partial charge >= 0.3 is 0 Å². The van der Waals surface area contributed by atoms with Crippen molar-refractivity contribution in [1.29, 1.82) is 15.8 Å². The zero-order valence-electron chi connectivity index (χ0n) is 64.3. The van der Waals surface area contributed by atoms with Crippen LogP contribution in [0.5, 0.6) is 0 Å². The maximum Gasteiger partial charge on any atom is 0.195 e. The second-order valence-corrected chi connectivity index (χ2v) is 29.5. The quantitative estimate of drug-likeness (QED) is 0.111. The first-order valence-corrected chi connectivity index (χ1v) is 39.6. The Morgan fingerprint density at radius 3 is 1.09 bits per heavy atom. The molecule has 0 bridgehead atoms. The molecule has 0 aliphatic carbocycles. The first kappa shape index (κ1) is 70.7. The fourth-order valence-corrected chi connectivity index (χ4v) is 17.6. The highest BCUT2D eigenvalue weighted by Gasteiger charge is 2.29. The average Bonchev–Trinajstić information content (AvgIpc) is 1.47. The van der Waals surface area contributed by atoms with E-state index in [4.69, 9.17) is 26.5 Å². The molecule has 0 unspecified atom stereocenters. The monoisotopic (exact) mass is 1530 g/mol. The summed E-state index contributed by atoms with van der Waals surface area (Å²) in [7, 11) is 0. The highest BCUT2D eigenvalue weighted by atomic mass is 15.1. The van der Waals surface area contributed by atoms with Gasteiger partial charge in [0.25, 0.3) is 0 Å².